The van der Waals surface area contributed by atoms with E-state index in [0.717, 1.165) is 13.2 Å². The summed E-state index contributed by atoms with van der Waals surface area (Å²) in [6, 6.07) is 5.92. The van der Waals surface area contributed by atoms with Gasteiger partial charge in [-0.3, -0.25) is 4.79 Å². The lowest BCUT2D eigenvalue weighted by Crippen LogP contribution is -2.31. The van der Waals surface area contributed by atoms with Crippen molar-refractivity contribution in [1.29, 1.82) is 0 Å². The quantitative estimate of drug-likeness (QED) is 0.411. The molecular formula is C14H16N2O6. The van der Waals surface area contributed by atoms with Crippen LogP contribution in [-0.4, -0.2) is 48.3 Å². The first-order chi connectivity index (χ1) is 10.5. The summed E-state index contributed by atoms with van der Waals surface area (Å²) >= 11 is 0. The predicted molar refractivity (Wildman–Crippen MR) is 77.2 cm³/mol. The summed E-state index contributed by atoms with van der Waals surface area (Å²) in [6.07, 6.45) is 0.894. The highest BCUT2D eigenvalue weighted by Crippen LogP contribution is 2.17. The van der Waals surface area contributed by atoms with E-state index in [1.165, 1.54) is 18.2 Å². The van der Waals surface area contributed by atoms with Crippen molar-refractivity contribution in [2.75, 3.05) is 25.6 Å². The van der Waals surface area contributed by atoms with Gasteiger partial charge in [-0.25, -0.2) is 9.59 Å². The minimum Gasteiger partial charge on any atom is -0.478 e. The van der Waals surface area contributed by atoms with Gasteiger partial charge in [-0.1, -0.05) is 12.1 Å². The standard InChI is InChI=1S/C14H16N2O6/c1-22-12(18)8-11(13(19)15-6-7-17)16-10-5-3-2-4-9(10)14(20)21/h2-5,8,16-17H,6-7H2,1H3,(H,15,19)(H,20,21)/b11-8-. The van der Waals surface area contributed by atoms with Gasteiger partial charge in [0.15, 0.2) is 0 Å². The molecule has 0 aliphatic rings. The molecule has 0 radical (unpaired) electrons. The number of carbonyl (C=O) groups excluding carboxylic acids is 2. The van der Waals surface area contributed by atoms with Crippen LogP contribution in [0.15, 0.2) is 36.0 Å². The van der Waals surface area contributed by atoms with Crippen LogP contribution in [0.2, 0.25) is 0 Å². The molecule has 0 spiro atoms. The molecule has 1 amide bonds. The van der Waals surface area contributed by atoms with Crippen molar-refractivity contribution in [2.45, 2.75) is 0 Å². The zero-order valence-electron chi connectivity index (χ0n) is 11.8. The number of hydrogen-bond acceptors (Lipinski definition) is 6. The van der Waals surface area contributed by atoms with Crippen molar-refractivity contribution in [3.05, 3.63) is 41.6 Å². The highest BCUT2D eigenvalue weighted by atomic mass is 16.5. The van der Waals surface area contributed by atoms with E-state index in [9.17, 15) is 14.4 Å². The average Bonchev–Trinajstić information content (AvgIpc) is 2.51. The van der Waals surface area contributed by atoms with Crippen LogP contribution >= 0.6 is 0 Å². The van der Waals surface area contributed by atoms with E-state index in [1.807, 2.05) is 0 Å². The number of para-hydroxylation sites is 1. The van der Waals surface area contributed by atoms with Gasteiger partial charge in [0.2, 0.25) is 0 Å². The molecule has 0 atom stereocenters. The number of carboxylic acids is 1. The fourth-order valence-electron chi connectivity index (χ4n) is 1.52. The number of aromatic carboxylic acids is 1. The Balaban J connectivity index is 3.08. The summed E-state index contributed by atoms with van der Waals surface area (Å²) in [4.78, 5) is 34.4. The Labute approximate surface area is 126 Å². The number of rotatable bonds is 7. The maximum absolute atomic E-state index is 11.9. The minimum absolute atomic E-state index is 0.0143. The number of aliphatic hydroxyl groups excluding tert-OH is 1. The molecule has 4 N–H and O–H groups in total. The van der Waals surface area contributed by atoms with Crippen molar-refractivity contribution in [1.82, 2.24) is 5.32 Å². The average molecular weight is 308 g/mol. The fraction of sp³-hybridized carbons (Fsp3) is 0.214. The number of methoxy groups -OCH3 is 1. The van der Waals surface area contributed by atoms with Gasteiger partial charge < -0.3 is 25.6 Å². The third-order valence-electron chi connectivity index (χ3n) is 2.53. The summed E-state index contributed by atoms with van der Waals surface area (Å²) in [5.41, 5.74) is -0.119. The van der Waals surface area contributed by atoms with Crippen LogP contribution in [-0.2, 0) is 14.3 Å². The molecule has 0 aliphatic heterocycles. The lowest BCUT2D eigenvalue weighted by Gasteiger charge is -2.12. The highest BCUT2D eigenvalue weighted by Gasteiger charge is 2.15. The minimum atomic E-state index is -1.18. The van der Waals surface area contributed by atoms with Crippen LogP contribution in [0.3, 0.4) is 0 Å². The van der Waals surface area contributed by atoms with E-state index in [1.54, 1.807) is 6.07 Å². The number of carbonyl (C=O) groups is 3. The zero-order chi connectivity index (χ0) is 16.5. The van der Waals surface area contributed by atoms with E-state index in [2.05, 4.69) is 15.4 Å². The van der Waals surface area contributed by atoms with Crippen LogP contribution in [0.1, 0.15) is 10.4 Å². The summed E-state index contributed by atoms with van der Waals surface area (Å²) in [7, 11) is 1.15. The lowest BCUT2D eigenvalue weighted by atomic mass is 10.1. The van der Waals surface area contributed by atoms with E-state index in [0.29, 0.717) is 0 Å². The predicted octanol–water partition coefficient (Wildman–Crippen LogP) is -0.0379. The van der Waals surface area contributed by atoms with Crippen molar-refractivity contribution >= 4 is 23.5 Å². The molecule has 0 saturated carbocycles. The highest BCUT2D eigenvalue weighted by molar-refractivity contribution is 6.03. The summed E-state index contributed by atoms with van der Waals surface area (Å²) in [6.45, 7) is -0.289. The third-order valence-corrected chi connectivity index (χ3v) is 2.53. The van der Waals surface area contributed by atoms with Crippen molar-refractivity contribution < 1.29 is 29.3 Å². The molecule has 8 heteroatoms. The molecule has 0 saturated heterocycles. The number of amides is 1. The lowest BCUT2D eigenvalue weighted by molar-refractivity contribution is -0.135. The summed E-state index contributed by atoms with van der Waals surface area (Å²) in [5.74, 6) is -2.65. The second kappa shape index (κ2) is 8.42. The largest absolute Gasteiger partial charge is 0.478 e. The van der Waals surface area contributed by atoms with Crippen LogP contribution in [0.25, 0.3) is 0 Å². The molecule has 1 rings (SSSR count). The van der Waals surface area contributed by atoms with E-state index < -0.39 is 17.8 Å². The third kappa shape index (κ3) is 4.91. The van der Waals surface area contributed by atoms with Gasteiger partial charge in [0.25, 0.3) is 5.91 Å². The van der Waals surface area contributed by atoms with E-state index in [4.69, 9.17) is 10.2 Å². The van der Waals surface area contributed by atoms with Crippen molar-refractivity contribution in [2.24, 2.45) is 0 Å². The molecule has 8 nitrogen and oxygen atoms in total. The number of esters is 1. The molecule has 0 aliphatic carbocycles. The summed E-state index contributed by atoms with van der Waals surface area (Å²) in [5, 5.41) is 22.8. The number of benzene rings is 1. The van der Waals surface area contributed by atoms with Crippen LogP contribution in [0, 0.1) is 0 Å². The van der Waals surface area contributed by atoms with Gasteiger partial charge in [0.1, 0.15) is 5.70 Å². The molecule has 0 heterocycles. The molecule has 0 bridgehead atoms. The Morgan fingerprint density at radius 1 is 1.27 bits per heavy atom. The van der Waals surface area contributed by atoms with Crippen LogP contribution in [0.4, 0.5) is 5.69 Å². The molecule has 118 valence electrons. The Kier molecular flexibility index (Phi) is 6.58. The number of anilines is 1. The summed E-state index contributed by atoms with van der Waals surface area (Å²) < 4.78 is 4.45. The molecular weight excluding hydrogens is 292 g/mol. The van der Waals surface area contributed by atoms with E-state index in [-0.39, 0.29) is 30.1 Å². The van der Waals surface area contributed by atoms with Gasteiger partial charge >= 0.3 is 11.9 Å². The molecule has 0 unspecified atom stereocenters. The first-order valence-corrected chi connectivity index (χ1v) is 6.27. The van der Waals surface area contributed by atoms with Crippen LogP contribution < -0.4 is 10.6 Å². The Morgan fingerprint density at radius 2 is 1.95 bits per heavy atom. The number of ether oxygens (including phenoxy) is 1. The number of carboxylic acid groups (broad SMARTS) is 1. The first-order valence-electron chi connectivity index (χ1n) is 6.27. The van der Waals surface area contributed by atoms with Gasteiger partial charge in [-0.15, -0.1) is 0 Å². The molecule has 22 heavy (non-hydrogen) atoms. The van der Waals surface area contributed by atoms with Crippen molar-refractivity contribution in [3.8, 4) is 0 Å². The maximum atomic E-state index is 11.9. The number of nitrogens with one attached hydrogen (secondary N) is 2. The molecule has 0 fully saturated rings. The normalized spacial score (nSPS) is 10.7. The maximum Gasteiger partial charge on any atom is 0.337 e. The first kappa shape index (κ1) is 17.2. The Morgan fingerprint density at radius 3 is 2.55 bits per heavy atom. The molecule has 0 aromatic heterocycles. The second-order valence-electron chi connectivity index (χ2n) is 4.04. The smallest absolute Gasteiger partial charge is 0.337 e. The van der Waals surface area contributed by atoms with Gasteiger partial charge in [0, 0.05) is 6.54 Å². The topological polar surface area (TPSA) is 125 Å². The SMILES string of the molecule is COC(=O)/C=C(\Nc1ccccc1C(=O)O)C(=O)NCCO. The zero-order valence-corrected chi connectivity index (χ0v) is 11.8. The van der Waals surface area contributed by atoms with Gasteiger partial charge in [-0.05, 0) is 12.1 Å². The number of aliphatic hydroxyl groups is 1. The Hall–Kier alpha value is -2.87. The fourth-order valence-corrected chi connectivity index (χ4v) is 1.52. The van der Waals surface area contributed by atoms with Crippen LogP contribution in [0.5, 0.6) is 0 Å². The molecule has 1 aromatic rings. The number of hydrogen-bond donors (Lipinski definition) is 4. The van der Waals surface area contributed by atoms with Crippen molar-refractivity contribution in [3.63, 3.8) is 0 Å². The van der Waals surface area contributed by atoms with E-state index >= 15 is 0 Å². The van der Waals surface area contributed by atoms with Gasteiger partial charge in [0.05, 0.1) is 31.0 Å². The molecule has 1 aromatic carbocycles. The second-order valence-corrected chi connectivity index (χ2v) is 4.04. The monoisotopic (exact) mass is 308 g/mol. The Bertz CT molecular complexity index is 597. The van der Waals surface area contributed by atoms with Gasteiger partial charge in [-0.2, -0.15) is 0 Å².